The van der Waals surface area contributed by atoms with Crippen molar-refractivity contribution in [2.75, 3.05) is 13.1 Å². The van der Waals surface area contributed by atoms with Gasteiger partial charge in [-0.15, -0.1) is 0 Å². The van der Waals surface area contributed by atoms with Gasteiger partial charge in [-0.25, -0.2) is 0 Å². The molecule has 1 unspecified atom stereocenters. The Kier molecular flexibility index (Phi) is 5.47. The summed E-state index contributed by atoms with van der Waals surface area (Å²) < 4.78 is 12.8. The Hall–Kier alpha value is -2.22. The van der Waals surface area contributed by atoms with Gasteiger partial charge < -0.3 is 14.2 Å². The molecule has 1 amide bonds. The number of carbonyl (C=O) groups is 1. The number of aryl methyl sites for hydroxylation is 3. The van der Waals surface area contributed by atoms with Gasteiger partial charge in [0.2, 0.25) is 5.91 Å². The van der Waals surface area contributed by atoms with Crippen LogP contribution < -0.4 is 0 Å². The predicted octanol–water partition coefficient (Wildman–Crippen LogP) is 1.65. The van der Waals surface area contributed by atoms with Crippen molar-refractivity contribution >= 4 is 5.91 Å². The Morgan fingerprint density at radius 3 is 2.96 bits per heavy atom. The number of piperidine rings is 1. The van der Waals surface area contributed by atoms with Gasteiger partial charge in [0.1, 0.15) is 13.2 Å². The molecule has 0 aliphatic carbocycles. The lowest BCUT2D eigenvalue weighted by atomic mass is 10.1. The molecule has 8 nitrogen and oxygen atoms in total. The van der Waals surface area contributed by atoms with Gasteiger partial charge in [-0.05, 0) is 32.8 Å². The normalized spacial score (nSPS) is 17.9. The second kappa shape index (κ2) is 7.77. The van der Waals surface area contributed by atoms with E-state index in [2.05, 4.69) is 15.2 Å². The zero-order valence-electron chi connectivity index (χ0n) is 15.1. The molecule has 136 valence electrons. The first-order valence-electron chi connectivity index (χ1n) is 8.77. The third-order valence-electron chi connectivity index (χ3n) is 4.39. The molecule has 25 heavy (non-hydrogen) atoms. The maximum Gasteiger partial charge on any atom is 0.252 e. The highest BCUT2D eigenvalue weighted by Crippen LogP contribution is 2.16. The minimum absolute atomic E-state index is 0.00451. The Bertz CT molecular complexity index is 724. The molecule has 2 aromatic heterocycles. The van der Waals surface area contributed by atoms with Crippen LogP contribution in [0.25, 0.3) is 0 Å². The van der Waals surface area contributed by atoms with E-state index in [1.807, 2.05) is 31.7 Å². The molecule has 0 N–H and O–H groups in total. The second-order valence-corrected chi connectivity index (χ2v) is 6.46. The number of hydrogen-bond donors (Lipinski definition) is 0. The van der Waals surface area contributed by atoms with Crippen LogP contribution in [0.2, 0.25) is 0 Å². The van der Waals surface area contributed by atoms with Crippen LogP contribution in [0.4, 0.5) is 0 Å². The Morgan fingerprint density at radius 2 is 2.28 bits per heavy atom. The van der Waals surface area contributed by atoms with E-state index in [0.717, 1.165) is 37.2 Å². The van der Waals surface area contributed by atoms with Gasteiger partial charge in [0.05, 0.1) is 11.8 Å². The number of aromatic nitrogens is 4. The summed E-state index contributed by atoms with van der Waals surface area (Å²) in [5, 5.41) is 8.22. The topological polar surface area (TPSA) is 86.3 Å². The molecule has 1 saturated heterocycles. The summed E-state index contributed by atoms with van der Waals surface area (Å²) in [6.45, 7) is 7.78. The van der Waals surface area contributed by atoms with E-state index in [9.17, 15) is 4.79 Å². The number of hydrogen-bond acceptors (Lipinski definition) is 6. The summed E-state index contributed by atoms with van der Waals surface area (Å²) in [4.78, 5) is 18.7. The summed E-state index contributed by atoms with van der Waals surface area (Å²) in [6, 6.07) is 1.98. The van der Waals surface area contributed by atoms with Crippen LogP contribution in [-0.2, 0) is 29.1 Å². The average Bonchev–Trinajstić information content (AvgIpc) is 3.19. The molecule has 0 saturated carbocycles. The third-order valence-corrected chi connectivity index (χ3v) is 4.39. The van der Waals surface area contributed by atoms with Gasteiger partial charge in [0.15, 0.2) is 5.82 Å². The average molecular weight is 347 g/mol. The molecule has 1 atom stereocenters. The number of carbonyl (C=O) groups excluding carboxylic acids is 1. The Labute approximate surface area is 147 Å². The highest BCUT2D eigenvalue weighted by Gasteiger charge is 2.25. The molecular formula is C17H25N5O3. The molecule has 1 aliphatic rings. The number of rotatable bonds is 6. The number of amides is 1. The zero-order valence-corrected chi connectivity index (χ0v) is 15.1. The highest BCUT2D eigenvalue weighted by molar-refractivity contribution is 5.76. The second-order valence-electron chi connectivity index (χ2n) is 6.46. The van der Waals surface area contributed by atoms with Gasteiger partial charge in [0, 0.05) is 25.2 Å². The first-order chi connectivity index (χ1) is 12.0. The van der Waals surface area contributed by atoms with Crippen molar-refractivity contribution in [1.82, 2.24) is 24.8 Å². The van der Waals surface area contributed by atoms with Gasteiger partial charge >= 0.3 is 0 Å². The quantitative estimate of drug-likeness (QED) is 0.790. The van der Waals surface area contributed by atoms with Gasteiger partial charge in [-0.3, -0.25) is 9.48 Å². The van der Waals surface area contributed by atoms with E-state index < -0.39 is 0 Å². The largest absolute Gasteiger partial charge is 0.367 e. The predicted molar refractivity (Wildman–Crippen MR) is 89.8 cm³/mol. The fourth-order valence-corrected chi connectivity index (χ4v) is 3.05. The third kappa shape index (κ3) is 4.45. The molecule has 0 radical (unpaired) electrons. The molecule has 0 bridgehead atoms. The summed E-state index contributed by atoms with van der Waals surface area (Å²) in [7, 11) is 0. The maximum atomic E-state index is 12.6. The Balaban J connectivity index is 1.51. The molecule has 3 heterocycles. The van der Waals surface area contributed by atoms with Crippen LogP contribution in [-0.4, -0.2) is 49.9 Å². The molecule has 8 heteroatoms. The fourth-order valence-electron chi connectivity index (χ4n) is 3.05. The molecule has 2 aromatic rings. The van der Waals surface area contributed by atoms with Crippen LogP contribution in [0.3, 0.4) is 0 Å². The summed E-state index contributed by atoms with van der Waals surface area (Å²) in [6.07, 6.45) is 2.59. The van der Waals surface area contributed by atoms with Crippen molar-refractivity contribution in [3.8, 4) is 0 Å². The smallest absolute Gasteiger partial charge is 0.252 e. The molecule has 0 spiro atoms. The zero-order chi connectivity index (χ0) is 17.8. The summed E-state index contributed by atoms with van der Waals surface area (Å²) >= 11 is 0. The van der Waals surface area contributed by atoms with E-state index in [4.69, 9.17) is 9.26 Å². The van der Waals surface area contributed by atoms with Gasteiger partial charge in [-0.2, -0.15) is 10.1 Å². The molecule has 3 rings (SSSR count). The monoisotopic (exact) mass is 347 g/mol. The SMILES string of the molecule is CCc1noc(COC2CCCN(C(=O)Cn3nc(C)cc3C)C2)n1. The highest BCUT2D eigenvalue weighted by atomic mass is 16.5. The van der Waals surface area contributed by atoms with Crippen LogP contribution in [0, 0.1) is 13.8 Å². The molecular weight excluding hydrogens is 322 g/mol. The van der Waals surface area contributed by atoms with Crippen molar-refractivity contribution in [3.63, 3.8) is 0 Å². The summed E-state index contributed by atoms with van der Waals surface area (Å²) in [5.74, 6) is 1.25. The van der Waals surface area contributed by atoms with Crippen molar-refractivity contribution < 1.29 is 14.1 Å². The van der Waals surface area contributed by atoms with Gasteiger partial charge in [0.25, 0.3) is 5.89 Å². The minimum Gasteiger partial charge on any atom is -0.367 e. The summed E-state index contributed by atoms with van der Waals surface area (Å²) in [5.41, 5.74) is 1.93. The standard InChI is InChI=1S/C17H25N5O3/c1-4-15-18-16(25-20-15)11-24-14-6-5-7-21(9-14)17(23)10-22-13(3)8-12(2)19-22/h8,14H,4-7,9-11H2,1-3H3. The van der Waals surface area contributed by atoms with Crippen molar-refractivity contribution in [2.45, 2.75) is 59.3 Å². The number of nitrogens with zero attached hydrogens (tertiary/aromatic N) is 5. The lowest BCUT2D eigenvalue weighted by molar-refractivity contribution is -0.136. The van der Waals surface area contributed by atoms with Crippen LogP contribution in [0.15, 0.2) is 10.6 Å². The van der Waals surface area contributed by atoms with Crippen LogP contribution >= 0.6 is 0 Å². The number of ether oxygens (including phenoxy) is 1. The van der Waals surface area contributed by atoms with Crippen molar-refractivity contribution in [2.24, 2.45) is 0 Å². The van der Waals surface area contributed by atoms with Crippen molar-refractivity contribution in [1.29, 1.82) is 0 Å². The Morgan fingerprint density at radius 1 is 1.44 bits per heavy atom. The first-order valence-corrected chi connectivity index (χ1v) is 8.77. The van der Waals surface area contributed by atoms with E-state index in [0.29, 0.717) is 18.3 Å². The fraction of sp³-hybridized carbons (Fsp3) is 0.647. The first kappa shape index (κ1) is 17.6. The van der Waals surface area contributed by atoms with Crippen molar-refractivity contribution in [3.05, 3.63) is 29.2 Å². The van der Waals surface area contributed by atoms with E-state index in [1.165, 1.54) is 0 Å². The van der Waals surface area contributed by atoms with Crippen LogP contribution in [0.1, 0.15) is 42.9 Å². The molecule has 1 fully saturated rings. The molecule has 0 aromatic carbocycles. The number of likely N-dealkylation sites (tertiary alicyclic amines) is 1. The van der Waals surface area contributed by atoms with Gasteiger partial charge in [-0.1, -0.05) is 12.1 Å². The van der Waals surface area contributed by atoms with E-state index >= 15 is 0 Å². The molecule has 1 aliphatic heterocycles. The van der Waals surface area contributed by atoms with Crippen LogP contribution in [0.5, 0.6) is 0 Å². The lowest BCUT2D eigenvalue weighted by Gasteiger charge is -2.32. The minimum atomic E-state index is -0.00451. The van der Waals surface area contributed by atoms with E-state index in [-0.39, 0.29) is 25.2 Å². The lowest BCUT2D eigenvalue weighted by Crippen LogP contribution is -2.44. The maximum absolute atomic E-state index is 12.6. The van der Waals surface area contributed by atoms with E-state index in [1.54, 1.807) is 4.68 Å².